The molecule has 0 unspecified atom stereocenters. The van der Waals surface area contributed by atoms with E-state index in [9.17, 15) is 9.59 Å². The van der Waals surface area contributed by atoms with Crippen LogP contribution in [-0.4, -0.2) is 71.8 Å². The van der Waals surface area contributed by atoms with Gasteiger partial charge < -0.3 is 14.7 Å². The summed E-state index contributed by atoms with van der Waals surface area (Å²) in [6.45, 7) is 10.9. The van der Waals surface area contributed by atoms with Crippen LogP contribution in [0, 0.1) is 0 Å². The minimum Gasteiger partial charge on any atom is -0.369 e. The van der Waals surface area contributed by atoms with Gasteiger partial charge in [0.15, 0.2) is 0 Å². The average molecular weight is 433 g/mol. The van der Waals surface area contributed by atoms with Gasteiger partial charge in [-0.15, -0.1) is 0 Å². The molecule has 6 nitrogen and oxygen atoms in total. The second kappa shape index (κ2) is 8.58. The fourth-order valence-corrected chi connectivity index (χ4v) is 5.15. The molecule has 0 radical (unpaired) electrons. The number of carbonyl (C=O) groups is 2. The molecule has 1 fully saturated rings. The number of carbonyl (C=O) groups excluding carboxylic acids is 2. The first kappa shape index (κ1) is 21.0. The number of benzene rings is 2. The molecule has 0 spiro atoms. The zero-order chi connectivity index (χ0) is 22.2. The normalized spacial score (nSPS) is 18.8. The Morgan fingerprint density at radius 3 is 2.44 bits per heavy atom. The second-order valence-corrected chi connectivity index (χ2v) is 9.45. The third kappa shape index (κ3) is 3.99. The summed E-state index contributed by atoms with van der Waals surface area (Å²) in [5, 5.41) is 0. The number of piperazine rings is 1. The lowest BCUT2D eigenvalue weighted by Crippen LogP contribution is -2.49. The average Bonchev–Trinajstić information content (AvgIpc) is 3.13. The lowest BCUT2D eigenvalue weighted by Gasteiger charge is -2.38. The zero-order valence-electron chi connectivity index (χ0n) is 19.1. The summed E-state index contributed by atoms with van der Waals surface area (Å²) in [6.07, 6.45) is 0.870. The van der Waals surface area contributed by atoms with Gasteiger partial charge in [-0.25, -0.2) is 0 Å². The van der Waals surface area contributed by atoms with Crippen LogP contribution in [0.5, 0.6) is 0 Å². The van der Waals surface area contributed by atoms with Crippen LogP contribution in [0.15, 0.2) is 42.5 Å². The van der Waals surface area contributed by atoms with Crippen molar-refractivity contribution in [3.63, 3.8) is 0 Å². The molecule has 0 aliphatic carbocycles. The van der Waals surface area contributed by atoms with Crippen LogP contribution in [0.2, 0.25) is 0 Å². The summed E-state index contributed by atoms with van der Waals surface area (Å²) < 4.78 is 0. The van der Waals surface area contributed by atoms with E-state index in [4.69, 9.17) is 0 Å². The minimum atomic E-state index is -0.0337. The van der Waals surface area contributed by atoms with Gasteiger partial charge in [-0.05, 0) is 55.2 Å². The van der Waals surface area contributed by atoms with Gasteiger partial charge in [-0.2, -0.15) is 0 Å². The lowest BCUT2D eigenvalue weighted by molar-refractivity contribution is -0.132. The van der Waals surface area contributed by atoms with E-state index in [0.717, 1.165) is 43.7 Å². The van der Waals surface area contributed by atoms with Crippen LogP contribution in [0.1, 0.15) is 40.9 Å². The van der Waals surface area contributed by atoms with Gasteiger partial charge in [0.25, 0.3) is 5.91 Å². The molecule has 0 N–H and O–H groups in total. The molecule has 2 aromatic rings. The maximum Gasteiger partial charge on any atom is 0.254 e. The number of hydrogen-bond donors (Lipinski definition) is 0. The van der Waals surface area contributed by atoms with E-state index in [-0.39, 0.29) is 18.4 Å². The molecule has 2 aromatic carbocycles. The standard InChI is InChI=1S/C26H32N4O2/c1-19(2)27-11-13-28(14-12-27)23-8-7-21-16-29(10-9-20(21)15-23)25(31)18-30-17-22-5-3-4-6-24(22)26(30)32/h3-8,15,19H,9-14,16-18H2,1-2H3. The van der Waals surface area contributed by atoms with E-state index >= 15 is 0 Å². The van der Waals surface area contributed by atoms with E-state index < -0.39 is 0 Å². The summed E-state index contributed by atoms with van der Waals surface area (Å²) in [6, 6.07) is 15.0. The molecule has 5 rings (SSSR count). The van der Waals surface area contributed by atoms with Gasteiger partial charge in [0.2, 0.25) is 5.91 Å². The first-order valence-electron chi connectivity index (χ1n) is 11.8. The Morgan fingerprint density at radius 2 is 1.69 bits per heavy atom. The molecular formula is C26H32N4O2. The number of amides is 2. The predicted molar refractivity (Wildman–Crippen MR) is 126 cm³/mol. The SMILES string of the molecule is CC(C)N1CCN(c2ccc3c(c2)CCN(C(=O)CN2Cc4ccccc4C2=O)C3)CC1. The molecule has 2 amide bonds. The van der Waals surface area contributed by atoms with Crippen molar-refractivity contribution in [1.29, 1.82) is 0 Å². The molecule has 32 heavy (non-hydrogen) atoms. The van der Waals surface area contributed by atoms with Crippen LogP contribution in [0.3, 0.4) is 0 Å². The highest BCUT2D eigenvalue weighted by Gasteiger charge is 2.30. The van der Waals surface area contributed by atoms with Crippen LogP contribution in [-0.2, 0) is 24.3 Å². The van der Waals surface area contributed by atoms with Crippen molar-refractivity contribution in [3.8, 4) is 0 Å². The van der Waals surface area contributed by atoms with Crippen molar-refractivity contribution in [2.45, 2.75) is 39.4 Å². The molecule has 3 aliphatic heterocycles. The highest BCUT2D eigenvalue weighted by molar-refractivity contribution is 6.00. The van der Waals surface area contributed by atoms with Crippen LogP contribution >= 0.6 is 0 Å². The second-order valence-electron chi connectivity index (χ2n) is 9.45. The Morgan fingerprint density at radius 1 is 0.906 bits per heavy atom. The molecule has 0 aromatic heterocycles. The summed E-state index contributed by atoms with van der Waals surface area (Å²) in [5.74, 6) is -0.000690. The van der Waals surface area contributed by atoms with Crippen molar-refractivity contribution in [3.05, 3.63) is 64.7 Å². The Hall–Kier alpha value is -2.86. The fraction of sp³-hybridized carbons (Fsp3) is 0.462. The largest absolute Gasteiger partial charge is 0.369 e. The number of hydrogen-bond acceptors (Lipinski definition) is 4. The van der Waals surface area contributed by atoms with Gasteiger partial charge in [0.05, 0.1) is 0 Å². The molecule has 0 saturated carbocycles. The zero-order valence-corrected chi connectivity index (χ0v) is 19.1. The van der Waals surface area contributed by atoms with Crippen molar-refractivity contribution in [1.82, 2.24) is 14.7 Å². The first-order valence-corrected chi connectivity index (χ1v) is 11.8. The maximum atomic E-state index is 13.0. The smallest absolute Gasteiger partial charge is 0.254 e. The Balaban J connectivity index is 1.20. The summed E-state index contributed by atoms with van der Waals surface area (Å²) >= 11 is 0. The molecule has 0 atom stereocenters. The molecule has 0 bridgehead atoms. The molecule has 168 valence electrons. The maximum absolute atomic E-state index is 13.0. The lowest BCUT2D eigenvalue weighted by atomic mass is 9.98. The highest BCUT2D eigenvalue weighted by atomic mass is 16.2. The quantitative estimate of drug-likeness (QED) is 0.746. The Bertz CT molecular complexity index is 1030. The van der Waals surface area contributed by atoms with E-state index in [1.807, 2.05) is 29.2 Å². The predicted octanol–water partition coefficient (Wildman–Crippen LogP) is 2.76. The highest BCUT2D eigenvalue weighted by Crippen LogP contribution is 2.27. The molecule has 1 saturated heterocycles. The number of anilines is 1. The van der Waals surface area contributed by atoms with Gasteiger partial charge in [-0.1, -0.05) is 24.3 Å². The molecule has 6 heteroatoms. The van der Waals surface area contributed by atoms with Gasteiger partial charge in [0, 0.05) is 63.1 Å². The monoisotopic (exact) mass is 432 g/mol. The summed E-state index contributed by atoms with van der Waals surface area (Å²) in [7, 11) is 0. The molecule has 3 heterocycles. The van der Waals surface area contributed by atoms with Crippen molar-refractivity contribution >= 4 is 17.5 Å². The van der Waals surface area contributed by atoms with Crippen LogP contribution < -0.4 is 4.90 Å². The summed E-state index contributed by atoms with van der Waals surface area (Å²) in [5.41, 5.74) is 5.61. The van der Waals surface area contributed by atoms with Crippen molar-refractivity contribution < 1.29 is 9.59 Å². The van der Waals surface area contributed by atoms with Crippen molar-refractivity contribution in [2.24, 2.45) is 0 Å². The Kier molecular flexibility index (Phi) is 5.64. The molecule has 3 aliphatic rings. The number of fused-ring (bicyclic) bond motifs is 2. The van der Waals surface area contributed by atoms with E-state index in [1.165, 1.54) is 16.8 Å². The fourth-order valence-electron chi connectivity index (χ4n) is 5.15. The van der Waals surface area contributed by atoms with Crippen LogP contribution in [0.4, 0.5) is 5.69 Å². The number of rotatable bonds is 4. The van der Waals surface area contributed by atoms with Crippen molar-refractivity contribution in [2.75, 3.05) is 44.2 Å². The van der Waals surface area contributed by atoms with Crippen LogP contribution in [0.25, 0.3) is 0 Å². The van der Waals surface area contributed by atoms with E-state index in [0.29, 0.717) is 25.7 Å². The van der Waals surface area contributed by atoms with Gasteiger partial charge >= 0.3 is 0 Å². The van der Waals surface area contributed by atoms with E-state index in [1.54, 1.807) is 4.90 Å². The third-order valence-corrected chi connectivity index (χ3v) is 7.19. The summed E-state index contributed by atoms with van der Waals surface area (Å²) in [4.78, 5) is 34.2. The van der Waals surface area contributed by atoms with Gasteiger partial charge in [0.1, 0.15) is 6.54 Å². The number of nitrogens with zero attached hydrogens (tertiary/aromatic N) is 4. The first-order chi connectivity index (χ1) is 15.5. The van der Waals surface area contributed by atoms with E-state index in [2.05, 4.69) is 41.8 Å². The van der Waals surface area contributed by atoms with Gasteiger partial charge in [-0.3, -0.25) is 14.5 Å². The molecular weight excluding hydrogens is 400 g/mol. The minimum absolute atomic E-state index is 0.0330. The Labute approximate surface area is 190 Å². The topological polar surface area (TPSA) is 47.1 Å². The third-order valence-electron chi connectivity index (χ3n) is 7.19.